The van der Waals surface area contributed by atoms with E-state index in [1.807, 2.05) is 24.3 Å². The highest BCUT2D eigenvalue weighted by Gasteiger charge is 2.47. The third-order valence-electron chi connectivity index (χ3n) is 5.11. The highest BCUT2D eigenvalue weighted by molar-refractivity contribution is 5.78. The maximum atomic E-state index is 11.3. The minimum atomic E-state index is -0.881. The van der Waals surface area contributed by atoms with Gasteiger partial charge in [0.15, 0.2) is 11.3 Å². The van der Waals surface area contributed by atoms with Gasteiger partial charge >= 0.3 is 0 Å². The van der Waals surface area contributed by atoms with Crippen LogP contribution in [0.1, 0.15) is 18.1 Å². The number of carbonyl (C=O) groups excluding carboxylic acids is 1. The number of ether oxygens (including phenoxy) is 3. The molecule has 1 spiro atoms. The number of rotatable bonds is 4. The summed E-state index contributed by atoms with van der Waals surface area (Å²) in [6.45, 7) is 1.69. The Labute approximate surface area is 172 Å². The number of aromatic nitrogens is 2. The maximum absolute atomic E-state index is 11.3. The van der Waals surface area contributed by atoms with Crippen LogP contribution in [0.5, 0.6) is 17.2 Å². The van der Waals surface area contributed by atoms with Crippen molar-refractivity contribution in [2.75, 3.05) is 13.2 Å². The predicted molar refractivity (Wildman–Crippen MR) is 109 cm³/mol. The Morgan fingerprint density at radius 2 is 1.83 bits per heavy atom. The van der Waals surface area contributed by atoms with Gasteiger partial charge < -0.3 is 19.9 Å². The lowest BCUT2D eigenvalue weighted by Crippen LogP contribution is -2.31. The van der Waals surface area contributed by atoms with Crippen LogP contribution in [0.2, 0.25) is 0 Å². The first kappa shape index (κ1) is 18.1. The summed E-state index contributed by atoms with van der Waals surface area (Å²) in [6, 6.07) is 11.3. The Balaban J connectivity index is 1.66. The van der Waals surface area contributed by atoms with E-state index in [4.69, 9.17) is 19.9 Å². The normalized spacial score (nSPS) is 18.6. The Kier molecular flexibility index (Phi) is 4.13. The number of Topliss-reactive ketones (excluding diaryl/α,β-unsaturated/α-hetero) is 1. The van der Waals surface area contributed by atoms with Crippen LogP contribution in [-0.4, -0.2) is 35.0 Å². The number of fused-ring (bicyclic) bond motifs is 4. The van der Waals surface area contributed by atoms with Crippen LogP contribution in [0.25, 0.3) is 11.1 Å². The number of nitrogens with two attached hydrogens (primary N) is 1. The molecule has 3 aromatic rings. The smallest absolute Gasteiger partial charge is 0.283 e. The minimum absolute atomic E-state index is 0.0106. The number of carbonyl (C=O) groups is 1. The number of hydrogen-bond donors (Lipinski definition) is 1. The van der Waals surface area contributed by atoms with Gasteiger partial charge in [0.05, 0.1) is 0 Å². The molecule has 0 saturated carbocycles. The van der Waals surface area contributed by atoms with Crippen LogP contribution < -0.4 is 15.2 Å². The fourth-order valence-electron chi connectivity index (χ4n) is 3.74. The van der Waals surface area contributed by atoms with Gasteiger partial charge in [0.1, 0.15) is 36.8 Å². The molecule has 1 atom stereocenters. The summed E-state index contributed by atoms with van der Waals surface area (Å²) in [7, 11) is 0. The second-order valence-corrected chi connectivity index (χ2v) is 7.19. The molecule has 3 heterocycles. The summed E-state index contributed by atoms with van der Waals surface area (Å²) < 4.78 is 17.3. The number of ketones is 1. The zero-order valence-electron chi connectivity index (χ0n) is 16.2. The Bertz CT molecular complexity index is 1180. The van der Waals surface area contributed by atoms with Crippen LogP contribution in [-0.2, 0) is 15.1 Å². The van der Waals surface area contributed by atoms with Gasteiger partial charge in [0.2, 0.25) is 0 Å². The largest absolute Gasteiger partial charge is 0.486 e. The van der Waals surface area contributed by atoms with Gasteiger partial charge in [-0.2, -0.15) is 0 Å². The second kappa shape index (κ2) is 6.84. The van der Waals surface area contributed by atoms with E-state index in [1.165, 1.54) is 13.3 Å². The predicted octanol–water partition coefficient (Wildman–Crippen LogP) is 2.81. The molecule has 30 heavy (non-hydrogen) atoms. The number of nitrogens with zero attached hydrogens (tertiary/aromatic N) is 3. The second-order valence-electron chi connectivity index (χ2n) is 7.19. The summed E-state index contributed by atoms with van der Waals surface area (Å²) in [5.41, 5.74) is 8.43. The summed E-state index contributed by atoms with van der Waals surface area (Å²) in [5, 5.41) is 0. The first-order chi connectivity index (χ1) is 14.5. The number of benzene rings is 2. The lowest BCUT2D eigenvalue weighted by Gasteiger charge is -2.34. The molecule has 2 aliphatic heterocycles. The quantitative estimate of drug-likeness (QED) is 0.715. The van der Waals surface area contributed by atoms with Crippen LogP contribution in [0.4, 0.5) is 0 Å². The van der Waals surface area contributed by atoms with E-state index in [2.05, 4.69) is 15.0 Å². The molecule has 2 N–H and O–H groups in total. The van der Waals surface area contributed by atoms with Gasteiger partial charge in [-0.15, -0.1) is 0 Å². The summed E-state index contributed by atoms with van der Waals surface area (Å²) in [5.74, 6) is 1.78. The first-order valence-electron chi connectivity index (χ1n) is 9.38. The third-order valence-corrected chi connectivity index (χ3v) is 5.11. The van der Waals surface area contributed by atoms with E-state index in [0.29, 0.717) is 17.2 Å². The number of hydrogen-bond acceptors (Lipinski definition) is 8. The van der Waals surface area contributed by atoms with Gasteiger partial charge in [-0.3, -0.25) is 4.79 Å². The topological polar surface area (TPSA) is 109 Å². The molecule has 0 aliphatic carbocycles. The molecule has 0 fully saturated rings. The van der Waals surface area contributed by atoms with Crippen molar-refractivity contribution >= 4 is 11.8 Å². The molecule has 0 unspecified atom stereocenters. The first-order valence-corrected chi connectivity index (χ1v) is 9.38. The molecule has 150 valence electrons. The third kappa shape index (κ3) is 2.93. The van der Waals surface area contributed by atoms with Crippen molar-refractivity contribution < 1.29 is 19.0 Å². The van der Waals surface area contributed by atoms with E-state index in [1.54, 1.807) is 24.5 Å². The van der Waals surface area contributed by atoms with Crippen molar-refractivity contribution in [2.45, 2.75) is 12.5 Å². The van der Waals surface area contributed by atoms with Crippen LogP contribution in [0, 0.1) is 0 Å². The maximum Gasteiger partial charge on any atom is 0.283 e. The molecule has 2 aromatic carbocycles. The van der Waals surface area contributed by atoms with Gasteiger partial charge in [-0.05, 0) is 42.8 Å². The minimum Gasteiger partial charge on any atom is -0.486 e. The van der Waals surface area contributed by atoms with E-state index in [-0.39, 0.29) is 25.0 Å². The van der Waals surface area contributed by atoms with Gasteiger partial charge in [0, 0.05) is 29.1 Å². The molecule has 5 rings (SSSR count). The van der Waals surface area contributed by atoms with E-state index < -0.39 is 5.54 Å². The van der Waals surface area contributed by atoms with Crippen LogP contribution in [0.3, 0.4) is 0 Å². The average Bonchev–Trinajstić information content (AvgIpc) is 3.15. The lowest BCUT2D eigenvalue weighted by atomic mass is 9.80. The molecule has 8 nitrogen and oxygen atoms in total. The highest BCUT2D eigenvalue weighted by Crippen LogP contribution is 2.52. The molecule has 0 bridgehead atoms. The SMILES string of the molecule is CC(=O)COc1ccc2c(c1)[C@]1(COC(N)=N1)c1cc(-c3cncnc3)ccc1O2. The van der Waals surface area contributed by atoms with Crippen LogP contribution in [0.15, 0.2) is 60.1 Å². The summed E-state index contributed by atoms with van der Waals surface area (Å²) in [4.78, 5) is 24.2. The standard InChI is InChI=1S/C22H18N4O4/c1-13(27)10-28-16-3-5-20-18(7-16)22(11-29-21(23)26-22)17-6-14(2-4-19(17)30-20)15-8-24-12-25-9-15/h2-9,12H,10-11H2,1H3,(H2,23,26)/t22-/m0/s1. The highest BCUT2D eigenvalue weighted by atomic mass is 16.5. The molecule has 0 amide bonds. The van der Waals surface area contributed by atoms with Crippen molar-refractivity contribution in [1.29, 1.82) is 0 Å². The lowest BCUT2D eigenvalue weighted by molar-refractivity contribution is -0.118. The number of aliphatic imine (C=N–C) groups is 1. The Morgan fingerprint density at radius 3 is 2.53 bits per heavy atom. The van der Waals surface area contributed by atoms with Crippen molar-refractivity contribution in [2.24, 2.45) is 10.7 Å². The van der Waals surface area contributed by atoms with E-state index in [9.17, 15) is 4.79 Å². The molecule has 0 radical (unpaired) electrons. The zero-order chi connectivity index (χ0) is 20.7. The Morgan fingerprint density at radius 1 is 1.10 bits per heavy atom. The zero-order valence-corrected chi connectivity index (χ0v) is 16.2. The molecule has 2 aliphatic rings. The van der Waals surface area contributed by atoms with Crippen LogP contribution >= 0.6 is 0 Å². The average molecular weight is 402 g/mol. The number of amidine groups is 1. The summed E-state index contributed by atoms with van der Waals surface area (Å²) in [6.07, 6.45) is 4.98. The molecular weight excluding hydrogens is 384 g/mol. The van der Waals surface area contributed by atoms with Crippen molar-refractivity contribution in [3.05, 3.63) is 66.2 Å². The molecular formula is C22H18N4O4. The summed E-state index contributed by atoms with van der Waals surface area (Å²) >= 11 is 0. The van der Waals surface area contributed by atoms with Crippen molar-refractivity contribution in [3.8, 4) is 28.4 Å². The fourth-order valence-corrected chi connectivity index (χ4v) is 3.74. The molecule has 8 heteroatoms. The fraction of sp³-hybridized carbons (Fsp3) is 0.182. The van der Waals surface area contributed by atoms with Crippen molar-refractivity contribution in [3.63, 3.8) is 0 Å². The molecule has 0 saturated heterocycles. The molecule has 1 aromatic heterocycles. The van der Waals surface area contributed by atoms with E-state index >= 15 is 0 Å². The van der Waals surface area contributed by atoms with Gasteiger partial charge in [-0.25, -0.2) is 15.0 Å². The van der Waals surface area contributed by atoms with Gasteiger partial charge in [-0.1, -0.05) is 6.07 Å². The monoisotopic (exact) mass is 402 g/mol. The van der Waals surface area contributed by atoms with E-state index in [0.717, 1.165) is 22.3 Å². The van der Waals surface area contributed by atoms with Gasteiger partial charge in [0.25, 0.3) is 6.02 Å². The van der Waals surface area contributed by atoms with Crippen molar-refractivity contribution in [1.82, 2.24) is 9.97 Å². The Hall–Kier alpha value is -3.94.